The fourth-order valence-corrected chi connectivity index (χ4v) is 2.03. The molecule has 19 heavy (non-hydrogen) atoms. The fourth-order valence-electron chi connectivity index (χ4n) is 2.03. The highest BCUT2D eigenvalue weighted by molar-refractivity contribution is 5.89. The Morgan fingerprint density at radius 2 is 2.32 bits per heavy atom. The molecule has 1 fully saturated rings. The van der Waals surface area contributed by atoms with Crippen LogP contribution < -0.4 is 5.32 Å². The molecule has 1 aliphatic carbocycles. The van der Waals surface area contributed by atoms with Gasteiger partial charge in [-0.25, -0.2) is 4.79 Å². The summed E-state index contributed by atoms with van der Waals surface area (Å²) < 4.78 is 0. The van der Waals surface area contributed by atoms with Gasteiger partial charge in [-0.2, -0.15) is 5.26 Å². The number of nitriles is 1. The quantitative estimate of drug-likeness (QED) is 0.880. The number of hydrogen-bond donors (Lipinski definition) is 1. The van der Waals surface area contributed by atoms with Crippen molar-refractivity contribution in [1.82, 2.24) is 4.90 Å². The Morgan fingerprint density at radius 1 is 1.53 bits per heavy atom. The maximum atomic E-state index is 12.2. The first-order valence-corrected chi connectivity index (χ1v) is 6.79. The lowest BCUT2D eigenvalue weighted by molar-refractivity contribution is 0.209. The smallest absolute Gasteiger partial charge is 0.321 e. The predicted octanol–water partition coefficient (Wildman–Crippen LogP) is 3.21. The van der Waals surface area contributed by atoms with Gasteiger partial charge >= 0.3 is 6.03 Å². The average Bonchev–Trinajstić information content (AvgIpc) is 3.22. The van der Waals surface area contributed by atoms with Crippen molar-refractivity contribution in [3.05, 3.63) is 29.8 Å². The fraction of sp³-hybridized carbons (Fsp3) is 0.467. The molecule has 100 valence electrons. The van der Waals surface area contributed by atoms with Crippen LogP contribution in [0.2, 0.25) is 0 Å². The van der Waals surface area contributed by atoms with E-state index in [0.717, 1.165) is 19.5 Å². The van der Waals surface area contributed by atoms with Gasteiger partial charge < -0.3 is 10.2 Å². The number of anilines is 1. The molecule has 2 amide bonds. The van der Waals surface area contributed by atoms with E-state index in [0.29, 0.717) is 17.2 Å². The number of carbonyl (C=O) groups excluding carboxylic acids is 1. The molecule has 2 rings (SSSR count). The average molecular weight is 257 g/mol. The molecule has 0 atom stereocenters. The predicted molar refractivity (Wildman–Crippen MR) is 74.8 cm³/mol. The van der Waals surface area contributed by atoms with E-state index in [2.05, 4.69) is 18.3 Å². The van der Waals surface area contributed by atoms with Crippen LogP contribution in [0.3, 0.4) is 0 Å². The molecule has 4 heteroatoms. The molecule has 1 aliphatic rings. The Balaban J connectivity index is 1.98. The number of benzene rings is 1. The molecule has 0 bridgehead atoms. The lowest BCUT2D eigenvalue weighted by Crippen LogP contribution is -2.37. The minimum Gasteiger partial charge on any atom is -0.324 e. The van der Waals surface area contributed by atoms with E-state index < -0.39 is 0 Å². The lowest BCUT2D eigenvalue weighted by Gasteiger charge is -2.22. The third-order valence-electron chi connectivity index (χ3n) is 3.20. The van der Waals surface area contributed by atoms with Gasteiger partial charge in [-0.15, -0.1) is 0 Å². The van der Waals surface area contributed by atoms with Crippen LogP contribution in [-0.4, -0.2) is 24.0 Å². The van der Waals surface area contributed by atoms with Gasteiger partial charge in [-0.1, -0.05) is 13.0 Å². The van der Waals surface area contributed by atoms with E-state index in [1.165, 1.54) is 12.8 Å². The first kappa shape index (κ1) is 13.4. The third kappa shape index (κ3) is 3.99. The van der Waals surface area contributed by atoms with Gasteiger partial charge in [0.1, 0.15) is 0 Å². The third-order valence-corrected chi connectivity index (χ3v) is 3.20. The van der Waals surface area contributed by atoms with E-state index in [1.807, 2.05) is 4.90 Å². The molecule has 1 N–H and O–H groups in total. The molecule has 0 unspecified atom stereocenters. The first-order chi connectivity index (χ1) is 9.22. The van der Waals surface area contributed by atoms with Gasteiger partial charge in [0.05, 0.1) is 11.6 Å². The normalized spacial score (nSPS) is 13.7. The molecular formula is C15H19N3O. The second-order valence-electron chi connectivity index (χ2n) is 5.01. The highest BCUT2D eigenvalue weighted by Crippen LogP contribution is 2.30. The molecule has 0 aliphatic heterocycles. The van der Waals surface area contributed by atoms with Gasteiger partial charge in [0.15, 0.2) is 0 Å². The van der Waals surface area contributed by atoms with Crippen molar-refractivity contribution in [1.29, 1.82) is 5.26 Å². The Bertz CT molecular complexity index is 488. The molecule has 1 saturated carbocycles. The van der Waals surface area contributed by atoms with Crippen molar-refractivity contribution in [2.45, 2.75) is 26.2 Å². The van der Waals surface area contributed by atoms with E-state index in [4.69, 9.17) is 5.26 Å². The monoisotopic (exact) mass is 257 g/mol. The summed E-state index contributed by atoms with van der Waals surface area (Å²) in [6, 6.07) is 9.01. The molecule has 0 heterocycles. The molecule has 0 spiro atoms. The number of carbonyl (C=O) groups is 1. The number of nitrogens with one attached hydrogen (secondary N) is 1. The molecule has 0 aromatic heterocycles. The zero-order chi connectivity index (χ0) is 13.7. The Kier molecular flexibility index (Phi) is 4.40. The molecule has 0 saturated heterocycles. The molecule has 0 radical (unpaired) electrons. The Labute approximate surface area is 114 Å². The van der Waals surface area contributed by atoms with Crippen LogP contribution >= 0.6 is 0 Å². The standard InChI is InChI=1S/C15H19N3O/c1-2-8-18(11-12-6-7-12)15(19)17-14-5-3-4-13(9-14)10-16/h3-5,9,12H,2,6-8,11H2,1H3,(H,17,19). The number of amides is 2. The van der Waals surface area contributed by atoms with Crippen LogP contribution in [0.5, 0.6) is 0 Å². The van der Waals surface area contributed by atoms with E-state index in [-0.39, 0.29) is 6.03 Å². The van der Waals surface area contributed by atoms with Crippen molar-refractivity contribution in [3.63, 3.8) is 0 Å². The summed E-state index contributed by atoms with van der Waals surface area (Å²) in [4.78, 5) is 14.1. The van der Waals surface area contributed by atoms with Crippen molar-refractivity contribution in [2.75, 3.05) is 18.4 Å². The topological polar surface area (TPSA) is 56.1 Å². The maximum Gasteiger partial charge on any atom is 0.321 e. The van der Waals surface area contributed by atoms with E-state index in [9.17, 15) is 4.79 Å². The largest absolute Gasteiger partial charge is 0.324 e. The summed E-state index contributed by atoms with van der Waals surface area (Å²) in [6.07, 6.45) is 3.42. The second-order valence-corrected chi connectivity index (χ2v) is 5.01. The van der Waals surface area contributed by atoms with Gasteiger partial charge in [0.25, 0.3) is 0 Å². The van der Waals surface area contributed by atoms with E-state index in [1.54, 1.807) is 24.3 Å². The second kappa shape index (κ2) is 6.24. The van der Waals surface area contributed by atoms with Crippen molar-refractivity contribution in [2.24, 2.45) is 5.92 Å². The molecule has 4 nitrogen and oxygen atoms in total. The van der Waals surface area contributed by atoms with Gasteiger partial charge in [0.2, 0.25) is 0 Å². The zero-order valence-corrected chi connectivity index (χ0v) is 11.2. The van der Waals surface area contributed by atoms with Crippen LogP contribution in [0.25, 0.3) is 0 Å². The summed E-state index contributed by atoms with van der Waals surface area (Å²) in [6.45, 7) is 3.70. The zero-order valence-electron chi connectivity index (χ0n) is 11.2. The van der Waals surface area contributed by atoms with Gasteiger partial charge in [-0.3, -0.25) is 0 Å². The first-order valence-electron chi connectivity index (χ1n) is 6.79. The lowest BCUT2D eigenvalue weighted by atomic mass is 10.2. The highest BCUT2D eigenvalue weighted by Gasteiger charge is 2.26. The van der Waals surface area contributed by atoms with Crippen molar-refractivity contribution in [3.8, 4) is 6.07 Å². The van der Waals surface area contributed by atoms with Crippen LogP contribution in [0.1, 0.15) is 31.7 Å². The highest BCUT2D eigenvalue weighted by atomic mass is 16.2. The number of hydrogen-bond acceptors (Lipinski definition) is 2. The Morgan fingerprint density at radius 3 is 2.95 bits per heavy atom. The minimum absolute atomic E-state index is 0.0659. The Hall–Kier alpha value is -2.02. The van der Waals surface area contributed by atoms with Crippen LogP contribution in [0, 0.1) is 17.2 Å². The van der Waals surface area contributed by atoms with Crippen molar-refractivity contribution >= 4 is 11.7 Å². The molecule has 1 aromatic carbocycles. The van der Waals surface area contributed by atoms with Gasteiger partial charge in [-0.05, 0) is 43.4 Å². The summed E-state index contributed by atoms with van der Waals surface area (Å²) in [5.41, 5.74) is 1.24. The van der Waals surface area contributed by atoms with Crippen molar-refractivity contribution < 1.29 is 4.79 Å². The minimum atomic E-state index is -0.0659. The number of nitrogens with zero attached hydrogens (tertiary/aromatic N) is 2. The molecular weight excluding hydrogens is 238 g/mol. The maximum absolute atomic E-state index is 12.2. The molecule has 1 aromatic rings. The van der Waals surface area contributed by atoms with Crippen LogP contribution in [0.4, 0.5) is 10.5 Å². The summed E-state index contributed by atoms with van der Waals surface area (Å²) >= 11 is 0. The number of rotatable bonds is 5. The SMILES string of the molecule is CCCN(CC1CC1)C(=O)Nc1cccc(C#N)c1. The van der Waals surface area contributed by atoms with Crippen LogP contribution in [-0.2, 0) is 0 Å². The number of urea groups is 1. The van der Waals surface area contributed by atoms with Crippen LogP contribution in [0.15, 0.2) is 24.3 Å². The van der Waals surface area contributed by atoms with E-state index >= 15 is 0 Å². The summed E-state index contributed by atoms with van der Waals surface area (Å²) in [5.74, 6) is 0.683. The summed E-state index contributed by atoms with van der Waals surface area (Å²) in [7, 11) is 0. The summed E-state index contributed by atoms with van der Waals surface area (Å²) in [5, 5.41) is 11.7. The van der Waals surface area contributed by atoms with Gasteiger partial charge in [0, 0.05) is 18.8 Å².